The lowest BCUT2D eigenvalue weighted by Gasteiger charge is -2.18. The fourth-order valence-corrected chi connectivity index (χ4v) is 3.87. The second-order valence-corrected chi connectivity index (χ2v) is 8.11. The summed E-state index contributed by atoms with van der Waals surface area (Å²) in [5.74, 6) is -3.03. The number of benzene rings is 3. The summed E-state index contributed by atoms with van der Waals surface area (Å²) in [5.41, 5.74) is 1.16. The van der Waals surface area contributed by atoms with Gasteiger partial charge in [0.1, 0.15) is 17.1 Å². The molecule has 0 saturated heterocycles. The zero-order chi connectivity index (χ0) is 24.6. The molecule has 1 atom stereocenters. The number of phenols is 1. The number of carbonyl (C=O) groups is 3. The Bertz CT molecular complexity index is 1490. The molecule has 1 amide bonds. The van der Waals surface area contributed by atoms with Gasteiger partial charge >= 0.3 is 11.9 Å². The van der Waals surface area contributed by atoms with E-state index >= 15 is 0 Å². The maximum atomic E-state index is 12.2. The van der Waals surface area contributed by atoms with Gasteiger partial charge in [-0.25, -0.2) is 4.79 Å². The van der Waals surface area contributed by atoms with E-state index < -0.39 is 29.5 Å². The molecule has 172 valence electrons. The maximum absolute atomic E-state index is 12.2. The van der Waals surface area contributed by atoms with Crippen molar-refractivity contribution in [2.24, 2.45) is 0 Å². The Kier molecular flexibility index (Phi) is 5.99. The highest BCUT2D eigenvalue weighted by molar-refractivity contribution is 7.81. The lowest BCUT2D eigenvalue weighted by atomic mass is 9.90. The minimum absolute atomic E-state index is 0.0704. The molecule has 2 aliphatic rings. The first-order valence-electron chi connectivity index (χ1n) is 9.92. The summed E-state index contributed by atoms with van der Waals surface area (Å²) in [7, 11) is 0. The summed E-state index contributed by atoms with van der Waals surface area (Å²) in [6.07, 6.45) is -0.501. The molecule has 0 saturated carbocycles. The molecule has 1 aliphatic heterocycles. The number of aromatic carboxylic acids is 1. The number of nitrogens with one attached hydrogen (secondary N) is 1. The summed E-state index contributed by atoms with van der Waals surface area (Å²) >= 11 is 3.97. The third-order valence-electron chi connectivity index (χ3n) is 5.13. The molecule has 0 radical (unpaired) electrons. The fraction of sp³-hybridized carbons (Fsp3) is 0.0833. The summed E-state index contributed by atoms with van der Waals surface area (Å²) in [6, 6.07) is 12.7. The molecule has 9 nitrogen and oxygen atoms in total. The average molecular weight is 479 g/mol. The number of amides is 1. The van der Waals surface area contributed by atoms with Crippen LogP contribution in [0.5, 0.6) is 5.75 Å². The molecule has 0 fully saturated rings. The minimum atomic E-state index is -1.28. The van der Waals surface area contributed by atoms with Crippen LogP contribution in [-0.4, -0.2) is 38.4 Å². The van der Waals surface area contributed by atoms with Crippen molar-refractivity contribution in [3.8, 4) is 28.2 Å². The second-order valence-electron chi connectivity index (χ2n) is 7.48. The van der Waals surface area contributed by atoms with Crippen LogP contribution >= 0.6 is 12.6 Å². The van der Waals surface area contributed by atoms with Crippen molar-refractivity contribution in [1.82, 2.24) is 0 Å². The lowest BCUT2D eigenvalue weighted by molar-refractivity contribution is -0.138. The summed E-state index contributed by atoms with van der Waals surface area (Å²) in [6.45, 7) is 0. The molecular weight excluding hydrogens is 462 g/mol. The number of hydrogen-bond donors (Lipinski definition) is 5. The van der Waals surface area contributed by atoms with Gasteiger partial charge in [-0.2, -0.15) is 12.6 Å². The molecule has 0 aromatic heterocycles. The van der Waals surface area contributed by atoms with E-state index in [-0.39, 0.29) is 39.3 Å². The van der Waals surface area contributed by atoms with Crippen LogP contribution in [0.2, 0.25) is 0 Å². The molecule has 1 heterocycles. The third-order valence-corrected chi connectivity index (χ3v) is 5.55. The second kappa shape index (κ2) is 8.91. The van der Waals surface area contributed by atoms with Crippen molar-refractivity contribution >= 4 is 47.1 Å². The van der Waals surface area contributed by atoms with E-state index in [1.165, 1.54) is 48.5 Å². The SMILES string of the molecule is O=C(O)CC(S)C(=O)Nc1ccc(-c2c3ccc(=O)cc-3oc3cc(O)ccc23)c(C(=O)O)c1. The first-order valence-corrected chi connectivity index (χ1v) is 10.4. The maximum Gasteiger partial charge on any atom is 0.336 e. The molecule has 4 N–H and O–H groups in total. The summed E-state index contributed by atoms with van der Waals surface area (Å²) in [5, 5.41) is 30.5. The molecule has 1 aliphatic carbocycles. The quantitative estimate of drug-likeness (QED) is 0.207. The Morgan fingerprint density at radius 1 is 0.971 bits per heavy atom. The van der Waals surface area contributed by atoms with Crippen molar-refractivity contribution in [2.45, 2.75) is 11.7 Å². The van der Waals surface area contributed by atoms with Gasteiger partial charge in [-0.3, -0.25) is 14.4 Å². The van der Waals surface area contributed by atoms with Crippen LogP contribution < -0.4 is 10.7 Å². The number of aromatic hydroxyl groups is 1. The van der Waals surface area contributed by atoms with Gasteiger partial charge in [0, 0.05) is 34.3 Å². The molecule has 0 spiro atoms. The highest BCUT2D eigenvalue weighted by Gasteiger charge is 2.23. The standard InChI is InChI=1S/C24H17NO8S/c26-12-2-5-15-18(8-12)33-19-9-13(27)3-6-16(19)22(15)14-4-1-11(7-17(14)24(31)32)25-23(30)20(34)10-21(28)29/h1-9,20,26,34H,10H2,(H,25,30)(H,28,29)(H,31,32). The van der Waals surface area contributed by atoms with E-state index in [1.54, 1.807) is 6.07 Å². The summed E-state index contributed by atoms with van der Waals surface area (Å²) < 4.78 is 5.78. The van der Waals surface area contributed by atoms with Gasteiger partial charge in [0.15, 0.2) is 5.43 Å². The number of aliphatic carboxylic acids is 1. The highest BCUT2D eigenvalue weighted by atomic mass is 32.1. The van der Waals surface area contributed by atoms with Crippen LogP contribution in [0.4, 0.5) is 5.69 Å². The molecule has 34 heavy (non-hydrogen) atoms. The van der Waals surface area contributed by atoms with E-state index in [2.05, 4.69) is 17.9 Å². The Labute approximate surface area is 197 Å². The van der Waals surface area contributed by atoms with Crippen LogP contribution in [0.1, 0.15) is 16.8 Å². The number of carbonyl (C=O) groups excluding carboxylic acids is 1. The number of hydrogen-bond acceptors (Lipinski definition) is 7. The molecule has 2 aromatic carbocycles. The Hall–Kier alpha value is -4.31. The van der Waals surface area contributed by atoms with Gasteiger partial charge in [-0.05, 0) is 42.0 Å². The minimum Gasteiger partial charge on any atom is -0.508 e. The molecule has 0 bridgehead atoms. The molecule has 10 heteroatoms. The normalized spacial score (nSPS) is 11.9. The molecular formula is C24H17NO8S. The first-order chi connectivity index (χ1) is 16.1. The number of phenolic OH excluding ortho intramolecular Hbond substituents is 1. The van der Waals surface area contributed by atoms with Gasteiger partial charge in [0.05, 0.1) is 17.2 Å². The van der Waals surface area contributed by atoms with Crippen LogP contribution in [0.25, 0.3) is 33.4 Å². The van der Waals surface area contributed by atoms with Gasteiger partial charge in [-0.15, -0.1) is 0 Å². The van der Waals surface area contributed by atoms with E-state index in [0.29, 0.717) is 16.5 Å². The number of thiol groups is 1. The number of carboxylic acid groups (broad SMARTS) is 2. The summed E-state index contributed by atoms with van der Waals surface area (Å²) in [4.78, 5) is 47.1. The highest BCUT2D eigenvalue weighted by Crippen LogP contribution is 2.42. The van der Waals surface area contributed by atoms with E-state index in [9.17, 15) is 29.4 Å². The van der Waals surface area contributed by atoms with Crippen LogP contribution in [0, 0.1) is 0 Å². The monoisotopic (exact) mass is 479 g/mol. The van der Waals surface area contributed by atoms with Crippen molar-refractivity contribution in [3.63, 3.8) is 0 Å². The van der Waals surface area contributed by atoms with E-state index in [4.69, 9.17) is 9.52 Å². The predicted octanol–water partition coefficient (Wildman–Crippen LogP) is 3.68. The number of fused-ring (bicyclic) bond motifs is 2. The topological polar surface area (TPSA) is 154 Å². The van der Waals surface area contributed by atoms with Crippen molar-refractivity contribution in [3.05, 3.63) is 70.4 Å². The Balaban J connectivity index is 1.89. The van der Waals surface area contributed by atoms with E-state index in [0.717, 1.165) is 0 Å². The van der Waals surface area contributed by atoms with Gasteiger partial charge < -0.3 is 25.1 Å². The zero-order valence-corrected chi connectivity index (χ0v) is 18.2. The average Bonchev–Trinajstić information content (AvgIpc) is 2.76. The van der Waals surface area contributed by atoms with Crippen LogP contribution in [-0.2, 0) is 9.59 Å². The zero-order valence-electron chi connectivity index (χ0n) is 17.3. The van der Waals surface area contributed by atoms with Crippen molar-refractivity contribution < 1.29 is 34.1 Å². The van der Waals surface area contributed by atoms with Gasteiger partial charge in [0.25, 0.3) is 0 Å². The van der Waals surface area contributed by atoms with Gasteiger partial charge in [-0.1, -0.05) is 6.07 Å². The molecule has 1 unspecified atom stereocenters. The number of carboxylic acids is 2. The van der Waals surface area contributed by atoms with Crippen molar-refractivity contribution in [1.29, 1.82) is 0 Å². The third kappa shape index (κ3) is 4.44. The van der Waals surface area contributed by atoms with Crippen LogP contribution in [0.3, 0.4) is 0 Å². The largest absolute Gasteiger partial charge is 0.508 e. The Morgan fingerprint density at radius 3 is 2.41 bits per heavy atom. The van der Waals surface area contributed by atoms with Crippen LogP contribution in [0.15, 0.2) is 63.8 Å². The number of rotatable bonds is 6. The smallest absolute Gasteiger partial charge is 0.336 e. The van der Waals surface area contributed by atoms with Gasteiger partial charge in [0.2, 0.25) is 5.91 Å². The Morgan fingerprint density at radius 2 is 1.71 bits per heavy atom. The van der Waals surface area contributed by atoms with E-state index in [1.807, 2.05) is 0 Å². The predicted molar refractivity (Wildman–Crippen MR) is 127 cm³/mol. The molecule has 4 rings (SSSR count). The first kappa shape index (κ1) is 22.9. The van der Waals surface area contributed by atoms with Crippen molar-refractivity contribution in [2.75, 3.05) is 5.32 Å². The molecule has 2 aromatic rings. The lowest BCUT2D eigenvalue weighted by Crippen LogP contribution is -2.25. The number of anilines is 1. The fourth-order valence-electron chi connectivity index (χ4n) is 3.65.